The standard InChI is InChI=1S/C16H17F2N3O2/c1-23-8-2-7-19-16(22)11-3-6-15(20-10-11)21-12-4-5-13(17)14(18)9-12/h3-6,9-10H,2,7-8H2,1H3,(H,19,22)(H,20,21). The molecular formula is C16H17F2N3O2. The summed E-state index contributed by atoms with van der Waals surface area (Å²) in [5.41, 5.74) is 0.784. The maximum absolute atomic E-state index is 13.1. The molecule has 0 aliphatic rings. The fourth-order valence-electron chi connectivity index (χ4n) is 1.84. The summed E-state index contributed by atoms with van der Waals surface area (Å²) in [6, 6.07) is 6.65. The summed E-state index contributed by atoms with van der Waals surface area (Å²) in [6.07, 6.45) is 2.14. The molecule has 0 aliphatic heterocycles. The largest absolute Gasteiger partial charge is 0.385 e. The van der Waals surface area contributed by atoms with Crippen molar-refractivity contribution in [1.29, 1.82) is 0 Å². The van der Waals surface area contributed by atoms with E-state index in [0.29, 0.717) is 30.2 Å². The summed E-state index contributed by atoms with van der Waals surface area (Å²) < 4.78 is 30.9. The van der Waals surface area contributed by atoms with E-state index < -0.39 is 11.6 Å². The number of halogens is 2. The van der Waals surface area contributed by atoms with Crippen molar-refractivity contribution in [2.24, 2.45) is 0 Å². The predicted molar refractivity (Wildman–Crippen MR) is 82.7 cm³/mol. The average molecular weight is 321 g/mol. The molecule has 2 aromatic rings. The van der Waals surface area contributed by atoms with Crippen molar-refractivity contribution >= 4 is 17.4 Å². The number of carbonyl (C=O) groups is 1. The van der Waals surface area contributed by atoms with Crippen LogP contribution >= 0.6 is 0 Å². The summed E-state index contributed by atoms with van der Waals surface area (Å²) in [5.74, 6) is -1.66. The van der Waals surface area contributed by atoms with Crippen LogP contribution in [0.25, 0.3) is 0 Å². The Hall–Kier alpha value is -2.54. The van der Waals surface area contributed by atoms with E-state index in [-0.39, 0.29) is 5.91 Å². The van der Waals surface area contributed by atoms with Crippen molar-refractivity contribution in [3.8, 4) is 0 Å². The molecule has 1 amide bonds. The Labute approximate surface area is 132 Å². The summed E-state index contributed by atoms with van der Waals surface area (Å²) in [7, 11) is 1.60. The van der Waals surface area contributed by atoms with E-state index in [2.05, 4.69) is 15.6 Å². The lowest BCUT2D eigenvalue weighted by molar-refractivity contribution is 0.0948. The van der Waals surface area contributed by atoms with Crippen LogP contribution in [0.3, 0.4) is 0 Å². The Balaban J connectivity index is 1.93. The number of hydrogen-bond donors (Lipinski definition) is 2. The van der Waals surface area contributed by atoms with Crippen molar-refractivity contribution in [3.05, 3.63) is 53.7 Å². The molecule has 7 heteroatoms. The van der Waals surface area contributed by atoms with Gasteiger partial charge in [-0.1, -0.05) is 0 Å². The number of amides is 1. The number of aromatic nitrogens is 1. The Morgan fingerprint density at radius 1 is 1.22 bits per heavy atom. The molecule has 0 aliphatic carbocycles. The zero-order valence-electron chi connectivity index (χ0n) is 12.6. The molecule has 5 nitrogen and oxygen atoms in total. The molecule has 0 spiro atoms. The molecule has 0 saturated carbocycles. The molecule has 1 aromatic heterocycles. The van der Waals surface area contributed by atoms with Crippen LogP contribution in [0, 0.1) is 11.6 Å². The van der Waals surface area contributed by atoms with Crippen LogP contribution in [0.4, 0.5) is 20.3 Å². The lowest BCUT2D eigenvalue weighted by atomic mass is 10.2. The van der Waals surface area contributed by atoms with Crippen LogP contribution in [0.5, 0.6) is 0 Å². The molecule has 23 heavy (non-hydrogen) atoms. The number of nitrogens with one attached hydrogen (secondary N) is 2. The van der Waals surface area contributed by atoms with Crippen LogP contribution in [0.2, 0.25) is 0 Å². The molecule has 122 valence electrons. The highest BCUT2D eigenvalue weighted by molar-refractivity contribution is 5.94. The number of pyridine rings is 1. The SMILES string of the molecule is COCCCNC(=O)c1ccc(Nc2ccc(F)c(F)c2)nc1. The quantitative estimate of drug-likeness (QED) is 0.770. The van der Waals surface area contributed by atoms with Gasteiger partial charge < -0.3 is 15.4 Å². The first-order chi connectivity index (χ1) is 11.1. The number of anilines is 2. The van der Waals surface area contributed by atoms with Crippen LogP contribution in [-0.4, -0.2) is 31.2 Å². The number of nitrogens with zero attached hydrogens (tertiary/aromatic N) is 1. The molecule has 0 saturated heterocycles. The highest BCUT2D eigenvalue weighted by Gasteiger charge is 2.07. The van der Waals surface area contributed by atoms with Gasteiger partial charge in [0, 0.05) is 38.2 Å². The highest BCUT2D eigenvalue weighted by Crippen LogP contribution is 2.17. The zero-order chi connectivity index (χ0) is 16.7. The lowest BCUT2D eigenvalue weighted by Crippen LogP contribution is -2.25. The molecule has 0 fully saturated rings. The van der Waals surface area contributed by atoms with Gasteiger partial charge in [-0.15, -0.1) is 0 Å². The first-order valence-electron chi connectivity index (χ1n) is 7.05. The van der Waals surface area contributed by atoms with Gasteiger partial charge in [0.05, 0.1) is 5.56 Å². The second-order valence-corrected chi connectivity index (χ2v) is 4.79. The molecule has 0 atom stereocenters. The minimum atomic E-state index is -0.943. The van der Waals surface area contributed by atoms with E-state index >= 15 is 0 Å². The Morgan fingerprint density at radius 2 is 2.04 bits per heavy atom. The first-order valence-corrected chi connectivity index (χ1v) is 7.05. The van der Waals surface area contributed by atoms with Crippen molar-refractivity contribution in [1.82, 2.24) is 10.3 Å². The number of hydrogen-bond acceptors (Lipinski definition) is 4. The average Bonchev–Trinajstić information content (AvgIpc) is 2.55. The van der Waals surface area contributed by atoms with Crippen molar-refractivity contribution in [2.45, 2.75) is 6.42 Å². The molecule has 1 aromatic carbocycles. The monoisotopic (exact) mass is 321 g/mol. The van der Waals surface area contributed by atoms with Gasteiger partial charge in [-0.2, -0.15) is 0 Å². The lowest BCUT2D eigenvalue weighted by Gasteiger charge is -2.08. The fraction of sp³-hybridized carbons (Fsp3) is 0.250. The molecule has 1 heterocycles. The van der Waals surface area contributed by atoms with Crippen LogP contribution in [-0.2, 0) is 4.74 Å². The van der Waals surface area contributed by atoms with Crippen molar-refractivity contribution in [2.75, 3.05) is 25.6 Å². The van der Waals surface area contributed by atoms with E-state index in [1.165, 1.54) is 12.3 Å². The third kappa shape index (κ3) is 5.00. The van der Waals surface area contributed by atoms with Gasteiger partial charge in [-0.05, 0) is 30.7 Å². The molecule has 0 radical (unpaired) electrons. The second-order valence-electron chi connectivity index (χ2n) is 4.79. The number of rotatable bonds is 7. The van der Waals surface area contributed by atoms with Gasteiger partial charge in [-0.25, -0.2) is 13.8 Å². The van der Waals surface area contributed by atoms with Gasteiger partial charge >= 0.3 is 0 Å². The van der Waals surface area contributed by atoms with Gasteiger partial charge in [0.1, 0.15) is 5.82 Å². The van der Waals surface area contributed by atoms with Gasteiger partial charge in [0.2, 0.25) is 0 Å². The minimum absolute atomic E-state index is 0.229. The van der Waals surface area contributed by atoms with Crippen molar-refractivity contribution in [3.63, 3.8) is 0 Å². The Kier molecular flexibility index (Phi) is 5.99. The Morgan fingerprint density at radius 3 is 2.70 bits per heavy atom. The van der Waals surface area contributed by atoms with E-state index in [4.69, 9.17) is 4.74 Å². The van der Waals surface area contributed by atoms with E-state index in [1.807, 2.05) is 0 Å². The third-order valence-corrected chi connectivity index (χ3v) is 3.03. The summed E-state index contributed by atoms with van der Waals surface area (Å²) in [4.78, 5) is 15.9. The number of benzene rings is 1. The van der Waals surface area contributed by atoms with Crippen LogP contribution < -0.4 is 10.6 Å². The number of ether oxygens (including phenoxy) is 1. The van der Waals surface area contributed by atoms with E-state index in [9.17, 15) is 13.6 Å². The number of carbonyl (C=O) groups excluding carboxylic acids is 1. The minimum Gasteiger partial charge on any atom is -0.385 e. The predicted octanol–water partition coefficient (Wildman–Crippen LogP) is 2.87. The summed E-state index contributed by atoms with van der Waals surface area (Å²) >= 11 is 0. The van der Waals surface area contributed by atoms with Crippen LogP contribution in [0.1, 0.15) is 16.8 Å². The van der Waals surface area contributed by atoms with Gasteiger partial charge in [-0.3, -0.25) is 4.79 Å². The number of methoxy groups -OCH3 is 1. The molecule has 0 unspecified atom stereocenters. The van der Waals surface area contributed by atoms with Gasteiger partial charge in [0.15, 0.2) is 11.6 Å². The molecule has 2 rings (SSSR count). The maximum atomic E-state index is 13.1. The van der Waals surface area contributed by atoms with Gasteiger partial charge in [0.25, 0.3) is 5.91 Å². The fourth-order valence-corrected chi connectivity index (χ4v) is 1.84. The molecule has 0 bridgehead atoms. The first kappa shape index (κ1) is 16.8. The van der Waals surface area contributed by atoms with E-state index in [0.717, 1.165) is 18.6 Å². The summed E-state index contributed by atoms with van der Waals surface area (Å²) in [6.45, 7) is 1.09. The smallest absolute Gasteiger partial charge is 0.252 e. The Bertz CT molecular complexity index is 663. The van der Waals surface area contributed by atoms with Crippen molar-refractivity contribution < 1.29 is 18.3 Å². The van der Waals surface area contributed by atoms with Crippen LogP contribution in [0.15, 0.2) is 36.5 Å². The highest BCUT2D eigenvalue weighted by atomic mass is 19.2. The second kappa shape index (κ2) is 8.19. The molecular weight excluding hydrogens is 304 g/mol. The maximum Gasteiger partial charge on any atom is 0.252 e. The molecule has 2 N–H and O–H groups in total. The van der Waals surface area contributed by atoms with E-state index in [1.54, 1.807) is 19.2 Å². The normalized spacial score (nSPS) is 10.4. The zero-order valence-corrected chi connectivity index (χ0v) is 12.6. The third-order valence-electron chi connectivity index (χ3n) is 3.03. The topological polar surface area (TPSA) is 63.2 Å². The summed E-state index contributed by atoms with van der Waals surface area (Å²) in [5, 5.41) is 5.58.